The number of urea groups is 1. The lowest BCUT2D eigenvalue weighted by Gasteiger charge is -2.32. The first kappa shape index (κ1) is 18.8. The fourth-order valence-electron chi connectivity index (χ4n) is 2.89. The molecule has 1 aliphatic rings. The summed E-state index contributed by atoms with van der Waals surface area (Å²) in [5.41, 5.74) is -0.0161. The number of benzene rings is 1. The predicted octanol–water partition coefficient (Wildman–Crippen LogP) is 3.72. The summed E-state index contributed by atoms with van der Waals surface area (Å²) in [6, 6.07) is 5.22. The Hall–Kier alpha value is -2.97. The van der Waals surface area contributed by atoms with Crippen LogP contribution in [0.15, 0.2) is 47.3 Å². The molecule has 9 heteroatoms. The normalized spacial score (nSPS) is 15.4. The highest BCUT2D eigenvalue weighted by atomic mass is 19.4. The molecule has 1 aromatic carbocycles. The average Bonchev–Trinajstić information content (AvgIpc) is 3.16. The lowest BCUT2D eigenvalue weighted by atomic mass is 10.0. The number of nitrogens with zero attached hydrogens (tertiary/aromatic N) is 1. The van der Waals surface area contributed by atoms with E-state index in [2.05, 4.69) is 10.6 Å². The number of carbonyl (C=O) groups is 2. The Morgan fingerprint density at radius 1 is 1.07 bits per heavy atom. The van der Waals surface area contributed by atoms with Crippen LogP contribution in [0.5, 0.6) is 0 Å². The zero-order chi connectivity index (χ0) is 19.4. The van der Waals surface area contributed by atoms with E-state index in [1.54, 1.807) is 11.0 Å². The van der Waals surface area contributed by atoms with Gasteiger partial charge in [0.25, 0.3) is 5.91 Å². The van der Waals surface area contributed by atoms with E-state index in [1.807, 2.05) is 0 Å². The van der Waals surface area contributed by atoms with Crippen molar-refractivity contribution in [3.8, 4) is 0 Å². The second-order valence-corrected chi connectivity index (χ2v) is 6.25. The standard InChI is InChI=1S/C18H18F3N3O3/c19-18(20,21)13-1-3-14(4-2-13)22-17(26)23-15-5-8-24(9-6-15)16(25)12-7-10-27-11-12/h1-4,7,10-11,15H,5-6,8-9H2,(H2,22,23,26). The summed E-state index contributed by atoms with van der Waals surface area (Å²) in [6.07, 6.45) is -0.409. The summed E-state index contributed by atoms with van der Waals surface area (Å²) >= 11 is 0. The van der Waals surface area contributed by atoms with Crippen LogP contribution in [0.3, 0.4) is 0 Å². The molecule has 0 aliphatic carbocycles. The van der Waals surface area contributed by atoms with Crippen molar-refractivity contribution in [1.29, 1.82) is 0 Å². The molecular formula is C18H18F3N3O3. The molecule has 0 radical (unpaired) electrons. The van der Waals surface area contributed by atoms with Crippen molar-refractivity contribution in [2.24, 2.45) is 0 Å². The Morgan fingerprint density at radius 2 is 1.74 bits per heavy atom. The largest absolute Gasteiger partial charge is 0.472 e. The van der Waals surface area contributed by atoms with Crippen LogP contribution in [-0.4, -0.2) is 36.0 Å². The number of carbonyl (C=O) groups excluding carboxylic acids is 2. The molecule has 0 atom stereocenters. The summed E-state index contributed by atoms with van der Waals surface area (Å²) in [6.45, 7) is 0.991. The number of furan rings is 1. The number of hydrogen-bond donors (Lipinski definition) is 2. The SMILES string of the molecule is O=C(Nc1ccc(C(F)(F)F)cc1)NC1CCN(C(=O)c2ccoc2)CC1. The molecule has 1 aliphatic heterocycles. The second-order valence-electron chi connectivity index (χ2n) is 6.25. The third kappa shape index (κ3) is 4.81. The maximum atomic E-state index is 12.5. The summed E-state index contributed by atoms with van der Waals surface area (Å²) in [7, 11) is 0. The Balaban J connectivity index is 1.46. The minimum absolute atomic E-state index is 0.114. The molecule has 3 amide bonds. The van der Waals surface area contributed by atoms with E-state index in [0.29, 0.717) is 31.5 Å². The number of alkyl halides is 3. The molecule has 27 heavy (non-hydrogen) atoms. The van der Waals surface area contributed by atoms with Gasteiger partial charge in [0.05, 0.1) is 17.4 Å². The quantitative estimate of drug-likeness (QED) is 0.851. The van der Waals surface area contributed by atoms with Crippen LogP contribution in [0.1, 0.15) is 28.8 Å². The van der Waals surface area contributed by atoms with Gasteiger partial charge in [-0.05, 0) is 43.2 Å². The van der Waals surface area contributed by atoms with Crippen LogP contribution < -0.4 is 10.6 Å². The number of amides is 3. The predicted molar refractivity (Wildman–Crippen MR) is 91.2 cm³/mol. The topological polar surface area (TPSA) is 74.6 Å². The average molecular weight is 381 g/mol. The maximum Gasteiger partial charge on any atom is 0.416 e. The molecule has 1 saturated heterocycles. The fraction of sp³-hybridized carbons (Fsp3) is 0.333. The Kier molecular flexibility index (Phi) is 5.38. The van der Waals surface area contributed by atoms with Crippen molar-refractivity contribution in [2.45, 2.75) is 25.1 Å². The van der Waals surface area contributed by atoms with E-state index in [4.69, 9.17) is 4.42 Å². The highest BCUT2D eigenvalue weighted by Gasteiger charge is 2.30. The van der Waals surface area contributed by atoms with Gasteiger partial charge in [0.1, 0.15) is 6.26 Å². The fourth-order valence-corrected chi connectivity index (χ4v) is 2.89. The molecule has 2 N–H and O–H groups in total. The summed E-state index contributed by atoms with van der Waals surface area (Å²) < 4.78 is 42.5. The van der Waals surface area contributed by atoms with Gasteiger partial charge < -0.3 is 20.0 Å². The van der Waals surface area contributed by atoms with Gasteiger partial charge in [-0.25, -0.2) is 4.79 Å². The first-order valence-corrected chi connectivity index (χ1v) is 8.39. The highest BCUT2D eigenvalue weighted by molar-refractivity contribution is 5.94. The molecule has 0 saturated carbocycles. The van der Waals surface area contributed by atoms with Crippen LogP contribution >= 0.6 is 0 Å². The zero-order valence-corrected chi connectivity index (χ0v) is 14.3. The highest BCUT2D eigenvalue weighted by Crippen LogP contribution is 2.29. The summed E-state index contributed by atoms with van der Waals surface area (Å²) in [5, 5.41) is 5.29. The minimum Gasteiger partial charge on any atom is -0.472 e. The molecule has 0 bridgehead atoms. The molecule has 1 aromatic heterocycles. The van der Waals surface area contributed by atoms with Crippen LogP contribution in [0.4, 0.5) is 23.7 Å². The number of nitrogens with one attached hydrogen (secondary N) is 2. The number of anilines is 1. The maximum absolute atomic E-state index is 12.5. The smallest absolute Gasteiger partial charge is 0.416 e. The van der Waals surface area contributed by atoms with Crippen molar-refractivity contribution in [3.05, 3.63) is 54.0 Å². The summed E-state index contributed by atoms with van der Waals surface area (Å²) in [5.74, 6) is -0.114. The van der Waals surface area contributed by atoms with Gasteiger partial charge in [0.2, 0.25) is 0 Å². The van der Waals surface area contributed by atoms with Crippen LogP contribution in [0, 0.1) is 0 Å². The first-order valence-electron chi connectivity index (χ1n) is 8.39. The van der Waals surface area contributed by atoms with Crippen molar-refractivity contribution < 1.29 is 27.2 Å². The van der Waals surface area contributed by atoms with Gasteiger partial charge in [0.15, 0.2) is 0 Å². The number of halogens is 3. The molecule has 0 unspecified atom stereocenters. The van der Waals surface area contributed by atoms with Gasteiger partial charge in [-0.2, -0.15) is 13.2 Å². The third-order valence-corrected chi connectivity index (χ3v) is 4.36. The molecular weight excluding hydrogens is 363 g/mol. The minimum atomic E-state index is -4.41. The zero-order valence-electron chi connectivity index (χ0n) is 14.3. The Morgan fingerprint density at radius 3 is 2.30 bits per heavy atom. The molecule has 2 aromatic rings. The lowest BCUT2D eigenvalue weighted by molar-refractivity contribution is -0.137. The second kappa shape index (κ2) is 7.73. The van der Waals surface area contributed by atoms with Gasteiger partial charge in [-0.1, -0.05) is 0 Å². The lowest BCUT2D eigenvalue weighted by Crippen LogP contribution is -2.47. The summed E-state index contributed by atoms with van der Waals surface area (Å²) in [4.78, 5) is 25.9. The Bertz CT molecular complexity index is 780. The van der Waals surface area contributed by atoms with Gasteiger partial charge >= 0.3 is 12.2 Å². The van der Waals surface area contributed by atoms with Crippen molar-refractivity contribution >= 4 is 17.6 Å². The molecule has 3 rings (SSSR count). The molecule has 6 nitrogen and oxygen atoms in total. The third-order valence-electron chi connectivity index (χ3n) is 4.36. The molecule has 2 heterocycles. The number of likely N-dealkylation sites (tertiary alicyclic amines) is 1. The molecule has 144 valence electrons. The van der Waals surface area contributed by atoms with Crippen molar-refractivity contribution in [2.75, 3.05) is 18.4 Å². The number of hydrogen-bond acceptors (Lipinski definition) is 3. The van der Waals surface area contributed by atoms with Crippen LogP contribution in [0.25, 0.3) is 0 Å². The van der Waals surface area contributed by atoms with Gasteiger partial charge in [-0.3, -0.25) is 4.79 Å². The van der Waals surface area contributed by atoms with Crippen molar-refractivity contribution in [3.63, 3.8) is 0 Å². The van der Waals surface area contributed by atoms with E-state index in [0.717, 1.165) is 12.1 Å². The Labute approximate surface area is 153 Å². The first-order chi connectivity index (χ1) is 12.8. The van der Waals surface area contributed by atoms with Crippen LogP contribution in [0.2, 0.25) is 0 Å². The monoisotopic (exact) mass is 381 g/mol. The number of piperidine rings is 1. The van der Waals surface area contributed by atoms with E-state index >= 15 is 0 Å². The molecule has 1 fully saturated rings. The van der Waals surface area contributed by atoms with Crippen LogP contribution in [-0.2, 0) is 6.18 Å². The van der Waals surface area contributed by atoms with E-state index < -0.39 is 17.8 Å². The number of rotatable bonds is 3. The molecule has 0 spiro atoms. The van der Waals surface area contributed by atoms with E-state index in [1.165, 1.54) is 24.7 Å². The van der Waals surface area contributed by atoms with Crippen molar-refractivity contribution in [1.82, 2.24) is 10.2 Å². The van der Waals surface area contributed by atoms with Gasteiger partial charge in [0, 0.05) is 24.8 Å². The van der Waals surface area contributed by atoms with E-state index in [-0.39, 0.29) is 17.6 Å². The van der Waals surface area contributed by atoms with E-state index in [9.17, 15) is 22.8 Å². The van der Waals surface area contributed by atoms with Gasteiger partial charge in [-0.15, -0.1) is 0 Å².